The van der Waals surface area contributed by atoms with Gasteiger partial charge in [0.1, 0.15) is 0 Å². The second-order valence-corrected chi connectivity index (χ2v) is 6.72. The molecule has 110 valence electrons. The average molecular weight is 273 g/mol. The van der Waals surface area contributed by atoms with E-state index in [-0.39, 0.29) is 6.10 Å². The Bertz CT molecular complexity index is 419. The number of nitrogens with zero attached hydrogens (tertiary/aromatic N) is 1. The zero-order valence-corrected chi connectivity index (χ0v) is 12.5. The van der Waals surface area contributed by atoms with Crippen LogP contribution in [0, 0.1) is 11.8 Å². The fourth-order valence-electron chi connectivity index (χ4n) is 4.27. The van der Waals surface area contributed by atoms with Crippen molar-refractivity contribution in [1.29, 1.82) is 0 Å². The first-order chi connectivity index (χ1) is 9.75. The molecule has 2 nitrogen and oxygen atoms in total. The van der Waals surface area contributed by atoms with Crippen LogP contribution in [0.3, 0.4) is 0 Å². The Balaban J connectivity index is 1.39. The topological polar surface area (TPSA) is 23.5 Å². The molecule has 0 heterocycles. The maximum absolute atomic E-state index is 10.1. The van der Waals surface area contributed by atoms with E-state index in [0.29, 0.717) is 17.9 Å². The predicted octanol–water partition coefficient (Wildman–Crippen LogP) is 3.10. The Morgan fingerprint density at radius 1 is 1.15 bits per heavy atom. The minimum Gasteiger partial charge on any atom is -0.392 e. The van der Waals surface area contributed by atoms with E-state index in [0.717, 1.165) is 0 Å². The highest BCUT2D eigenvalue weighted by atomic mass is 16.3. The lowest BCUT2D eigenvalue weighted by atomic mass is 9.94. The summed E-state index contributed by atoms with van der Waals surface area (Å²) in [5.74, 6) is 1.15. The highest BCUT2D eigenvalue weighted by Gasteiger charge is 2.48. The van der Waals surface area contributed by atoms with E-state index in [1.165, 1.54) is 50.6 Å². The first kappa shape index (κ1) is 14.1. The van der Waals surface area contributed by atoms with E-state index in [4.69, 9.17) is 0 Å². The fourth-order valence-corrected chi connectivity index (χ4v) is 4.27. The number of aliphatic hydroxyl groups excluding tert-OH is 1. The average Bonchev–Trinajstić information content (AvgIpc) is 3.00. The molecule has 0 radical (unpaired) electrons. The Morgan fingerprint density at radius 3 is 2.60 bits per heavy atom. The van der Waals surface area contributed by atoms with Gasteiger partial charge in [0.2, 0.25) is 0 Å². The molecule has 2 aliphatic rings. The third-order valence-corrected chi connectivity index (χ3v) is 5.47. The summed E-state index contributed by atoms with van der Waals surface area (Å²) in [5.41, 5.74) is 1.45. The van der Waals surface area contributed by atoms with Crippen LogP contribution in [0.2, 0.25) is 0 Å². The Hall–Kier alpha value is -0.860. The summed E-state index contributed by atoms with van der Waals surface area (Å²) < 4.78 is 0. The summed E-state index contributed by atoms with van der Waals surface area (Å²) in [6, 6.07) is 11.4. The van der Waals surface area contributed by atoms with E-state index in [1.54, 1.807) is 0 Å². The molecule has 4 unspecified atom stereocenters. The highest BCUT2D eigenvalue weighted by Crippen LogP contribution is 2.46. The number of aliphatic hydroxyl groups is 1. The molecule has 2 bridgehead atoms. The van der Waals surface area contributed by atoms with Crippen LogP contribution in [0.1, 0.15) is 37.7 Å². The van der Waals surface area contributed by atoms with Crippen LogP contribution < -0.4 is 0 Å². The van der Waals surface area contributed by atoms with Crippen molar-refractivity contribution in [3.63, 3.8) is 0 Å². The quantitative estimate of drug-likeness (QED) is 0.805. The van der Waals surface area contributed by atoms with Crippen LogP contribution in [-0.4, -0.2) is 35.7 Å². The van der Waals surface area contributed by atoms with Crippen molar-refractivity contribution in [2.75, 3.05) is 13.6 Å². The molecule has 0 spiro atoms. The van der Waals surface area contributed by atoms with Crippen LogP contribution in [0.25, 0.3) is 0 Å². The number of aryl methyl sites for hydroxylation is 1. The van der Waals surface area contributed by atoms with Crippen LogP contribution in [0.4, 0.5) is 0 Å². The van der Waals surface area contributed by atoms with Crippen molar-refractivity contribution < 1.29 is 5.11 Å². The summed E-state index contributed by atoms with van der Waals surface area (Å²) in [5, 5.41) is 10.1. The number of benzene rings is 1. The lowest BCUT2D eigenvalue weighted by Gasteiger charge is -2.31. The van der Waals surface area contributed by atoms with Gasteiger partial charge in [0.15, 0.2) is 0 Å². The number of hydrogen-bond donors (Lipinski definition) is 1. The molecule has 1 aromatic rings. The van der Waals surface area contributed by atoms with Gasteiger partial charge in [-0.3, -0.25) is 0 Å². The van der Waals surface area contributed by atoms with E-state index in [9.17, 15) is 5.11 Å². The number of hydrogen-bond acceptors (Lipinski definition) is 2. The molecule has 1 N–H and O–H groups in total. The fraction of sp³-hybridized carbons (Fsp3) is 0.667. The smallest absolute Gasteiger partial charge is 0.0612 e. The predicted molar refractivity (Wildman–Crippen MR) is 82.6 cm³/mol. The minimum absolute atomic E-state index is 0.00762. The summed E-state index contributed by atoms with van der Waals surface area (Å²) in [4.78, 5) is 2.51. The van der Waals surface area contributed by atoms with Gasteiger partial charge in [-0.25, -0.2) is 0 Å². The standard InChI is InChI=1S/C18H27NO/c1-19(17-13-15-10-11-16(17)18(15)20)12-6-5-9-14-7-3-2-4-8-14/h2-4,7-8,15-18,20H,5-6,9-13H2,1H3. The second-order valence-electron chi connectivity index (χ2n) is 6.72. The van der Waals surface area contributed by atoms with E-state index in [2.05, 4.69) is 42.3 Å². The van der Waals surface area contributed by atoms with Gasteiger partial charge in [-0.05, 0) is 63.6 Å². The molecular weight excluding hydrogens is 246 g/mol. The molecule has 2 aliphatic carbocycles. The molecule has 2 fully saturated rings. The monoisotopic (exact) mass is 273 g/mol. The van der Waals surface area contributed by atoms with Crippen molar-refractivity contribution >= 4 is 0 Å². The molecule has 1 aromatic carbocycles. The van der Waals surface area contributed by atoms with Gasteiger partial charge in [-0.15, -0.1) is 0 Å². The van der Waals surface area contributed by atoms with E-state index < -0.39 is 0 Å². The van der Waals surface area contributed by atoms with Crippen molar-refractivity contribution in [2.45, 2.75) is 50.7 Å². The summed E-state index contributed by atoms with van der Waals surface area (Å²) in [6.07, 6.45) is 7.42. The van der Waals surface area contributed by atoms with Crippen molar-refractivity contribution in [3.05, 3.63) is 35.9 Å². The molecule has 0 aliphatic heterocycles. The minimum atomic E-state index is -0.00762. The molecular formula is C18H27NO. The van der Waals surface area contributed by atoms with Crippen molar-refractivity contribution in [1.82, 2.24) is 4.90 Å². The number of rotatable bonds is 6. The zero-order valence-electron chi connectivity index (χ0n) is 12.5. The number of fused-ring (bicyclic) bond motifs is 2. The van der Waals surface area contributed by atoms with Gasteiger partial charge in [0.25, 0.3) is 0 Å². The maximum atomic E-state index is 10.1. The second kappa shape index (κ2) is 6.28. The first-order valence-corrected chi connectivity index (χ1v) is 8.18. The molecule has 2 heteroatoms. The Morgan fingerprint density at radius 2 is 1.95 bits per heavy atom. The van der Waals surface area contributed by atoms with Gasteiger partial charge in [0.05, 0.1) is 6.10 Å². The lowest BCUT2D eigenvalue weighted by Crippen LogP contribution is -2.37. The zero-order chi connectivity index (χ0) is 13.9. The molecule has 3 rings (SSSR count). The Kier molecular flexibility index (Phi) is 4.42. The summed E-state index contributed by atoms with van der Waals surface area (Å²) in [6.45, 7) is 1.17. The lowest BCUT2D eigenvalue weighted by molar-refractivity contribution is 0.103. The Labute approximate surface area is 122 Å². The summed E-state index contributed by atoms with van der Waals surface area (Å²) in [7, 11) is 2.25. The van der Waals surface area contributed by atoms with E-state index in [1.807, 2.05) is 0 Å². The van der Waals surface area contributed by atoms with Crippen LogP contribution >= 0.6 is 0 Å². The van der Waals surface area contributed by atoms with Crippen LogP contribution in [-0.2, 0) is 6.42 Å². The van der Waals surface area contributed by atoms with Gasteiger partial charge < -0.3 is 10.0 Å². The molecule has 2 saturated carbocycles. The maximum Gasteiger partial charge on any atom is 0.0612 e. The van der Waals surface area contributed by atoms with Crippen LogP contribution in [0.15, 0.2) is 30.3 Å². The molecule has 0 saturated heterocycles. The summed E-state index contributed by atoms with van der Waals surface area (Å²) >= 11 is 0. The first-order valence-electron chi connectivity index (χ1n) is 8.18. The SMILES string of the molecule is CN(CCCCc1ccccc1)C1CC2CCC1C2O. The normalized spacial score (nSPS) is 32.1. The largest absolute Gasteiger partial charge is 0.392 e. The molecule has 0 amide bonds. The van der Waals surface area contributed by atoms with Gasteiger partial charge in [-0.2, -0.15) is 0 Å². The van der Waals surface area contributed by atoms with Crippen molar-refractivity contribution in [3.8, 4) is 0 Å². The van der Waals surface area contributed by atoms with Gasteiger partial charge >= 0.3 is 0 Å². The van der Waals surface area contributed by atoms with Gasteiger partial charge in [0, 0.05) is 12.0 Å². The molecule has 4 atom stereocenters. The molecule has 0 aromatic heterocycles. The number of unbranched alkanes of at least 4 members (excludes halogenated alkanes) is 1. The third kappa shape index (κ3) is 2.91. The van der Waals surface area contributed by atoms with Crippen molar-refractivity contribution in [2.24, 2.45) is 11.8 Å². The molecule has 20 heavy (non-hydrogen) atoms. The third-order valence-electron chi connectivity index (χ3n) is 5.47. The highest BCUT2D eigenvalue weighted by molar-refractivity contribution is 5.14. The van der Waals surface area contributed by atoms with Crippen LogP contribution in [0.5, 0.6) is 0 Å². The van der Waals surface area contributed by atoms with E-state index >= 15 is 0 Å². The van der Waals surface area contributed by atoms with Gasteiger partial charge in [-0.1, -0.05) is 30.3 Å².